The number of nitrogens with one attached hydrogen (secondary N) is 2. The molecule has 1 saturated carbocycles. The van der Waals surface area contributed by atoms with E-state index in [1.165, 1.54) is 11.0 Å². The molecular weight excluding hydrogens is 756 g/mol. The monoisotopic (exact) mass is 807 g/mol. The number of anilines is 2. The highest BCUT2D eigenvalue weighted by Crippen LogP contribution is 2.41. The summed E-state index contributed by atoms with van der Waals surface area (Å²) in [5, 5.41) is 14.8. The lowest BCUT2D eigenvalue weighted by Gasteiger charge is -2.44. The summed E-state index contributed by atoms with van der Waals surface area (Å²) in [5.41, 5.74) is -1.10. The maximum atomic E-state index is 13.7. The molecule has 11 nitrogen and oxygen atoms in total. The first-order valence-corrected chi connectivity index (χ1v) is 20.4. The van der Waals surface area contributed by atoms with Crippen molar-refractivity contribution < 1.29 is 32.3 Å². The second-order valence-electron chi connectivity index (χ2n) is 16.7. The highest BCUT2D eigenvalue weighted by Gasteiger charge is 2.52. The molecule has 1 aliphatic carbocycles. The minimum atomic E-state index is -4.74. The third-order valence-corrected chi connectivity index (χ3v) is 12.7. The van der Waals surface area contributed by atoms with E-state index in [1.807, 2.05) is 17.0 Å². The lowest BCUT2D eigenvalue weighted by Crippen LogP contribution is -2.58. The first-order valence-electron chi connectivity index (χ1n) is 20.0. The third kappa shape index (κ3) is 9.34. The Hall–Kier alpha value is -4.39. The fraction of sp³-hybridized carbons (Fsp3) is 0.571. The number of unbranched alkanes of at least 4 members (excludes halogenated alkanes) is 1. The van der Waals surface area contributed by atoms with Gasteiger partial charge in [0.1, 0.15) is 5.54 Å². The Bertz CT molecular complexity index is 1900. The van der Waals surface area contributed by atoms with Gasteiger partial charge in [-0.05, 0) is 127 Å². The molecule has 2 N–H and O–H groups in total. The van der Waals surface area contributed by atoms with E-state index in [2.05, 4.69) is 34.3 Å². The fourth-order valence-corrected chi connectivity index (χ4v) is 9.82. The van der Waals surface area contributed by atoms with Crippen LogP contribution in [0.15, 0.2) is 42.5 Å². The van der Waals surface area contributed by atoms with E-state index in [1.54, 1.807) is 32.0 Å². The Balaban J connectivity index is 0.918. The van der Waals surface area contributed by atoms with Gasteiger partial charge in [0.25, 0.3) is 5.91 Å². The number of imide groups is 1. The van der Waals surface area contributed by atoms with Crippen LogP contribution in [0.3, 0.4) is 0 Å². The fourth-order valence-electron chi connectivity index (χ4n) is 9.25. The van der Waals surface area contributed by atoms with Gasteiger partial charge in [0.05, 0.1) is 35.3 Å². The molecule has 0 spiro atoms. The largest absolute Gasteiger partial charge is 0.417 e. The number of nitrogens with zero attached hydrogens (tertiary/aromatic N) is 5. The van der Waals surface area contributed by atoms with Gasteiger partial charge in [-0.1, -0.05) is 25.0 Å². The van der Waals surface area contributed by atoms with Gasteiger partial charge in [-0.3, -0.25) is 34.3 Å². The third-order valence-electron chi connectivity index (χ3n) is 12.3. The molecule has 306 valence electrons. The van der Waals surface area contributed by atoms with Crippen molar-refractivity contribution in [2.24, 2.45) is 5.92 Å². The molecule has 0 bridgehead atoms. The smallest absolute Gasteiger partial charge is 0.331 e. The van der Waals surface area contributed by atoms with Crippen LogP contribution in [0.5, 0.6) is 0 Å². The van der Waals surface area contributed by atoms with Crippen LogP contribution in [-0.4, -0.2) is 93.3 Å². The Morgan fingerprint density at radius 1 is 0.982 bits per heavy atom. The van der Waals surface area contributed by atoms with Crippen molar-refractivity contribution in [2.75, 3.05) is 36.4 Å². The average molecular weight is 808 g/mol. The van der Waals surface area contributed by atoms with Gasteiger partial charge in [0.15, 0.2) is 5.11 Å². The van der Waals surface area contributed by atoms with Crippen molar-refractivity contribution in [3.05, 3.63) is 59.2 Å². The molecule has 3 aliphatic heterocycles. The van der Waals surface area contributed by atoms with Crippen LogP contribution in [0, 0.1) is 17.2 Å². The Labute approximate surface area is 337 Å². The summed E-state index contributed by atoms with van der Waals surface area (Å²) < 4.78 is 41.2. The number of carbonyl (C=O) groups excluding carboxylic acids is 4. The van der Waals surface area contributed by atoms with Gasteiger partial charge in [0, 0.05) is 43.3 Å². The molecule has 6 rings (SSSR count). The van der Waals surface area contributed by atoms with Crippen LogP contribution in [0.4, 0.5) is 24.5 Å². The van der Waals surface area contributed by atoms with E-state index in [0.717, 1.165) is 82.3 Å². The van der Waals surface area contributed by atoms with Gasteiger partial charge in [0.2, 0.25) is 17.7 Å². The highest BCUT2D eigenvalue weighted by atomic mass is 32.1. The first kappa shape index (κ1) is 42.2. The molecule has 0 radical (unpaired) electrons. The molecule has 4 aliphatic rings. The van der Waals surface area contributed by atoms with Gasteiger partial charge in [-0.25, -0.2) is 0 Å². The number of hydrogen-bond donors (Lipinski definition) is 2. The molecule has 2 aromatic rings. The van der Waals surface area contributed by atoms with E-state index in [4.69, 9.17) is 12.2 Å². The van der Waals surface area contributed by atoms with Crippen LogP contribution < -0.4 is 15.5 Å². The number of hydrogen-bond acceptors (Lipinski definition) is 8. The molecule has 15 heteroatoms. The zero-order valence-electron chi connectivity index (χ0n) is 33.0. The summed E-state index contributed by atoms with van der Waals surface area (Å²) >= 11 is 5.76. The summed E-state index contributed by atoms with van der Waals surface area (Å²) in [5.74, 6) is -0.804. The number of piperidine rings is 1. The maximum Gasteiger partial charge on any atom is 0.417 e. The Morgan fingerprint density at radius 3 is 2.26 bits per heavy atom. The maximum absolute atomic E-state index is 13.7. The Kier molecular flexibility index (Phi) is 12.8. The van der Waals surface area contributed by atoms with E-state index >= 15 is 0 Å². The summed E-state index contributed by atoms with van der Waals surface area (Å²) in [6, 6.07) is 12.5. The zero-order valence-corrected chi connectivity index (χ0v) is 33.8. The molecule has 3 heterocycles. The summed E-state index contributed by atoms with van der Waals surface area (Å²) in [6.07, 6.45) is 2.99. The molecule has 4 amide bonds. The van der Waals surface area contributed by atoms with Crippen molar-refractivity contribution in [3.8, 4) is 6.07 Å². The number of benzene rings is 2. The molecule has 1 unspecified atom stereocenters. The van der Waals surface area contributed by atoms with E-state index in [9.17, 15) is 37.6 Å². The van der Waals surface area contributed by atoms with Crippen molar-refractivity contribution in [2.45, 2.75) is 121 Å². The Morgan fingerprint density at radius 2 is 1.65 bits per heavy atom. The highest BCUT2D eigenvalue weighted by molar-refractivity contribution is 7.80. The van der Waals surface area contributed by atoms with Crippen molar-refractivity contribution >= 4 is 52.3 Å². The number of halogens is 3. The van der Waals surface area contributed by atoms with E-state index in [0.29, 0.717) is 24.4 Å². The average Bonchev–Trinajstić information content (AvgIpc) is 3.33. The zero-order chi connectivity index (χ0) is 41.2. The lowest BCUT2D eigenvalue weighted by molar-refractivity contribution is -0.138. The van der Waals surface area contributed by atoms with E-state index < -0.39 is 22.8 Å². The summed E-state index contributed by atoms with van der Waals surface area (Å²) in [7, 11) is 0. The predicted octanol–water partition coefficient (Wildman–Crippen LogP) is 6.57. The van der Waals surface area contributed by atoms with Gasteiger partial charge in [-0.2, -0.15) is 18.4 Å². The molecule has 57 heavy (non-hydrogen) atoms. The van der Waals surface area contributed by atoms with Crippen molar-refractivity contribution in [3.63, 3.8) is 0 Å². The van der Waals surface area contributed by atoms with Crippen molar-refractivity contribution in [1.82, 2.24) is 20.0 Å². The second-order valence-corrected chi connectivity index (χ2v) is 17.0. The molecule has 0 aromatic heterocycles. The number of nitriles is 1. The van der Waals surface area contributed by atoms with E-state index in [-0.39, 0.29) is 65.0 Å². The van der Waals surface area contributed by atoms with Gasteiger partial charge < -0.3 is 15.1 Å². The van der Waals surface area contributed by atoms with Crippen LogP contribution in [0.25, 0.3) is 0 Å². The second kappa shape index (κ2) is 17.2. The quantitative estimate of drug-likeness (QED) is 0.147. The van der Waals surface area contributed by atoms with Crippen LogP contribution in [0.1, 0.15) is 108 Å². The number of carbonyl (C=O) groups is 4. The molecule has 4 fully saturated rings. The van der Waals surface area contributed by atoms with Crippen molar-refractivity contribution in [1.29, 1.82) is 5.26 Å². The predicted molar refractivity (Wildman–Crippen MR) is 214 cm³/mol. The van der Waals surface area contributed by atoms with Gasteiger partial charge in [-0.15, -0.1) is 0 Å². The standard InChI is InChI=1S/C42H52F3N7O4S/c1-26-23-49(24-27(2)50(26)25-37(54)47-31-13-10-29(11-14-31)34-18-19-36(53)48-38(34)55)20-6-5-7-28-8-15-32(16-9-28)52-40(57)51(39(56)41(52,3)4)33-17-12-30(22-46)35(21-33)42(43,44)45/h10-14,17,21,26-28,32,34H,5-9,15-16,18-20,23-25H2,1-4H3,(H,47,54)(H,48,53,55)/t26-,27+,28-,32-,34?. The van der Waals surface area contributed by atoms with Gasteiger partial charge >= 0.3 is 6.18 Å². The number of thiocarbonyl (C=S) groups is 1. The first-order chi connectivity index (χ1) is 27.0. The van der Waals surface area contributed by atoms with Crippen LogP contribution >= 0.6 is 12.2 Å². The lowest BCUT2D eigenvalue weighted by atomic mass is 9.81. The topological polar surface area (TPSA) is 129 Å². The number of amides is 4. The summed E-state index contributed by atoms with van der Waals surface area (Å²) in [6.45, 7) is 10.9. The molecule has 2 aromatic carbocycles. The number of piperazine rings is 1. The number of rotatable bonds is 11. The minimum absolute atomic E-state index is 0.00469. The SMILES string of the molecule is C[C@@H]1CN(CCCC[C@H]2CC[C@H](N3C(=S)N(c4ccc(C#N)c(C(F)(F)F)c4)C(=O)C3(C)C)CC2)C[C@H](C)N1CC(=O)Nc1ccc(C2CCC(=O)NC2=O)cc1. The van der Waals surface area contributed by atoms with Crippen LogP contribution in [0.2, 0.25) is 0 Å². The number of alkyl halides is 3. The molecule has 3 atom stereocenters. The van der Waals surface area contributed by atoms with Crippen LogP contribution in [-0.2, 0) is 25.4 Å². The minimum Gasteiger partial charge on any atom is -0.331 e. The normalized spacial score (nSPS) is 26.0. The molecular formula is C42H52F3N7O4S. The summed E-state index contributed by atoms with van der Waals surface area (Å²) in [4.78, 5) is 58.2. The molecule has 3 saturated heterocycles.